The molecule has 1 saturated heterocycles. The van der Waals surface area contributed by atoms with E-state index in [4.69, 9.17) is 4.74 Å². The van der Waals surface area contributed by atoms with Crippen LogP contribution in [-0.4, -0.2) is 51.2 Å². The third-order valence-corrected chi connectivity index (χ3v) is 3.96. The van der Waals surface area contributed by atoms with E-state index in [0.717, 1.165) is 17.8 Å². The number of carbonyl (C=O) groups is 1. The van der Waals surface area contributed by atoms with Gasteiger partial charge in [0.1, 0.15) is 11.3 Å². The second-order valence-electron chi connectivity index (χ2n) is 7.22. The molecule has 1 unspecified atom stereocenters. The Kier molecular flexibility index (Phi) is 5.03. The van der Waals surface area contributed by atoms with Crippen LogP contribution in [-0.2, 0) is 11.3 Å². The smallest absolute Gasteiger partial charge is 0.410 e. The van der Waals surface area contributed by atoms with Crippen molar-refractivity contribution in [2.45, 2.75) is 39.0 Å². The van der Waals surface area contributed by atoms with Crippen LogP contribution in [0.1, 0.15) is 38.1 Å². The summed E-state index contributed by atoms with van der Waals surface area (Å²) in [5.41, 5.74) is 1.41. The van der Waals surface area contributed by atoms with Crippen molar-refractivity contribution in [2.24, 2.45) is 0 Å². The van der Waals surface area contributed by atoms with Crippen LogP contribution in [0.2, 0.25) is 0 Å². The van der Waals surface area contributed by atoms with Gasteiger partial charge in [0.2, 0.25) is 0 Å². The van der Waals surface area contributed by atoms with Gasteiger partial charge in [0.25, 0.3) is 0 Å². The van der Waals surface area contributed by atoms with Gasteiger partial charge in [-0.3, -0.25) is 4.90 Å². The van der Waals surface area contributed by atoms with E-state index in [0.29, 0.717) is 19.6 Å². The SMILES string of the molecule is CC(C)(C)OC(=O)N1CCNCC1c1cn(Cc2ccccc2)nn1. The molecule has 7 nitrogen and oxygen atoms in total. The lowest BCUT2D eigenvalue weighted by molar-refractivity contribution is 0.0113. The van der Waals surface area contributed by atoms with Crippen molar-refractivity contribution < 1.29 is 9.53 Å². The fraction of sp³-hybridized carbons (Fsp3) is 0.500. The molecule has 1 amide bonds. The van der Waals surface area contributed by atoms with Crippen molar-refractivity contribution in [3.8, 4) is 0 Å². The number of carbonyl (C=O) groups excluding carboxylic acids is 1. The molecule has 25 heavy (non-hydrogen) atoms. The fourth-order valence-electron chi connectivity index (χ4n) is 2.82. The van der Waals surface area contributed by atoms with E-state index in [1.807, 2.05) is 45.2 Å². The minimum atomic E-state index is -0.516. The summed E-state index contributed by atoms with van der Waals surface area (Å²) in [6.45, 7) is 8.25. The number of nitrogens with zero attached hydrogens (tertiary/aromatic N) is 4. The molecule has 1 aromatic heterocycles. The van der Waals surface area contributed by atoms with Gasteiger partial charge in [-0.2, -0.15) is 0 Å². The Morgan fingerprint density at radius 1 is 1.32 bits per heavy atom. The first-order valence-electron chi connectivity index (χ1n) is 8.57. The van der Waals surface area contributed by atoms with Crippen LogP contribution < -0.4 is 5.32 Å². The largest absolute Gasteiger partial charge is 0.444 e. The molecule has 2 heterocycles. The number of rotatable bonds is 3. The number of benzene rings is 1. The first-order valence-corrected chi connectivity index (χ1v) is 8.57. The molecule has 0 saturated carbocycles. The summed E-state index contributed by atoms with van der Waals surface area (Å²) in [4.78, 5) is 14.3. The Balaban J connectivity index is 1.73. The summed E-state index contributed by atoms with van der Waals surface area (Å²) in [5.74, 6) is 0. The number of hydrogen-bond donors (Lipinski definition) is 1. The summed E-state index contributed by atoms with van der Waals surface area (Å²) in [6, 6.07) is 9.92. The summed E-state index contributed by atoms with van der Waals surface area (Å²) in [5, 5.41) is 11.8. The predicted molar refractivity (Wildman–Crippen MR) is 94.1 cm³/mol. The summed E-state index contributed by atoms with van der Waals surface area (Å²) >= 11 is 0. The quantitative estimate of drug-likeness (QED) is 0.925. The van der Waals surface area contributed by atoms with Gasteiger partial charge in [0.15, 0.2) is 0 Å². The molecule has 1 aromatic carbocycles. The molecular formula is C18H25N5O2. The van der Waals surface area contributed by atoms with Gasteiger partial charge in [0, 0.05) is 19.6 Å². The highest BCUT2D eigenvalue weighted by Gasteiger charge is 2.33. The lowest BCUT2D eigenvalue weighted by Gasteiger charge is -2.36. The molecule has 2 aromatic rings. The van der Waals surface area contributed by atoms with Crippen molar-refractivity contribution in [2.75, 3.05) is 19.6 Å². The Hall–Kier alpha value is -2.41. The van der Waals surface area contributed by atoms with E-state index in [2.05, 4.69) is 27.8 Å². The highest BCUT2D eigenvalue weighted by molar-refractivity contribution is 5.69. The van der Waals surface area contributed by atoms with E-state index in [1.54, 1.807) is 9.58 Å². The zero-order valence-corrected chi connectivity index (χ0v) is 15.0. The summed E-state index contributed by atoms with van der Waals surface area (Å²) in [7, 11) is 0. The monoisotopic (exact) mass is 343 g/mol. The molecule has 1 aliphatic rings. The van der Waals surface area contributed by atoms with Crippen molar-refractivity contribution in [1.29, 1.82) is 0 Å². The van der Waals surface area contributed by atoms with Gasteiger partial charge in [0.05, 0.1) is 18.8 Å². The molecule has 1 atom stereocenters. The van der Waals surface area contributed by atoms with Crippen LogP contribution >= 0.6 is 0 Å². The van der Waals surface area contributed by atoms with Crippen molar-refractivity contribution in [3.63, 3.8) is 0 Å². The third-order valence-electron chi connectivity index (χ3n) is 3.96. The molecule has 0 spiro atoms. The lowest BCUT2D eigenvalue weighted by atomic mass is 10.1. The fourth-order valence-corrected chi connectivity index (χ4v) is 2.82. The first kappa shape index (κ1) is 17.4. The second kappa shape index (κ2) is 7.23. The molecular weight excluding hydrogens is 318 g/mol. The number of piperazine rings is 1. The Morgan fingerprint density at radius 2 is 2.08 bits per heavy atom. The minimum Gasteiger partial charge on any atom is -0.444 e. The maximum Gasteiger partial charge on any atom is 0.410 e. The number of amides is 1. The van der Waals surface area contributed by atoms with Gasteiger partial charge in [-0.1, -0.05) is 35.5 Å². The highest BCUT2D eigenvalue weighted by atomic mass is 16.6. The normalized spacial score (nSPS) is 18.2. The van der Waals surface area contributed by atoms with E-state index >= 15 is 0 Å². The Labute approximate surface area is 148 Å². The van der Waals surface area contributed by atoms with Gasteiger partial charge in [-0.05, 0) is 26.3 Å². The Morgan fingerprint density at radius 3 is 2.80 bits per heavy atom. The molecule has 7 heteroatoms. The van der Waals surface area contributed by atoms with Crippen LogP contribution in [0, 0.1) is 0 Å². The lowest BCUT2D eigenvalue weighted by Crippen LogP contribution is -2.50. The topological polar surface area (TPSA) is 72.3 Å². The number of nitrogens with one attached hydrogen (secondary N) is 1. The maximum atomic E-state index is 12.5. The number of hydrogen-bond acceptors (Lipinski definition) is 5. The van der Waals surface area contributed by atoms with Gasteiger partial charge >= 0.3 is 6.09 Å². The first-order chi connectivity index (χ1) is 11.9. The second-order valence-corrected chi connectivity index (χ2v) is 7.22. The average Bonchev–Trinajstić information content (AvgIpc) is 3.02. The van der Waals surface area contributed by atoms with E-state index in [1.165, 1.54) is 0 Å². The summed E-state index contributed by atoms with van der Waals surface area (Å²) in [6.07, 6.45) is 1.60. The van der Waals surface area contributed by atoms with Gasteiger partial charge < -0.3 is 10.1 Å². The van der Waals surface area contributed by atoms with E-state index < -0.39 is 5.60 Å². The van der Waals surface area contributed by atoms with E-state index in [-0.39, 0.29) is 12.1 Å². The average molecular weight is 343 g/mol. The standard InChI is InChI=1S/C18H25N5O2/c1-18(2,3)25-17(24)23-10-9-19-11-16(23)15-13-22(21-20-15)12-14-7-5-4-6-8-14/h4-8,13,16,19H,9-12H2,1-3H3. The third kappa shape index (κ3) is 4.57. The van der Waals surface area contributed by atoms with Crippen molar-refractivity contribution in [1.82, 2.24) is 25.2 Å². The zero-order valence-electron chi connectivity index (χ0n) is 15.0. The highest BCUT2D eigenvalue weighted by Crippen LogP contribution is 2.23. The number of ether oxygens (including phenoxy) is 1. The Bertz CT molecular complexity index is 708. The van der Waals surface area contributed by atoms with Crippen molar-refractivity contribution in [3.05, 3.63) is 47.8 Å². The van der Waals surface area contributed by atoms with Crippen molar-refractivity contribution >= 4 is 6.09 Å². The minimum absolute atomic E-state index is 0.173. The number of aromatic nitrogens is 3. The molecule has 1 fully saturated rings. The molecule has 1 N–H and O–H groups in total. The predicted octanol–water partition coefficient (Wildman–Crippen LogP) is 2.21. The molecule has 1 aliphatic heterocycles. The molecule has 0 aliphatic carbocycles. The van der Waals surface area contributed by atoms with E-state index in [9.17, 15) is 4.79 Å². The zero-order chi connectivity index (χ0) is 17.9. The molecule has 134 valence electrons. The summed E-state index contributed by atoms with van der Waals surface area (Å²) < 4.78 is 7.33. The van der Waals surface area contributed by atoms with Crippen LogP contribution in [0.5, 0.6) is 0 Å². The molecule has 0 bridgehead atoms. The van der Waals surface area contributed by atoms with Crippen LogP contribution in [0.4, 0.5) is 4.79 Å². The molecule has 0 radical (unpaired) electrons. The molecule has 3 rings (SSSR count). The van der Waals surface area contributed by atoms with Gasteiger partial charge in [-0.25, -0.2) is 9.48 Å². The maximum absolute atomic E-state index is 12.5. The van der Waals surface area contributed by atoms with Crippen LogP contribution in [0.15, 0.2) is 36.5 Å². The van der Waals surface area contributed by atoms with Crippen LogP contribution in [0.3, 0.4) is 0 Å². The van der Waals surface area contributed by atoms with Gasteiger partial charge in [-0.15, -0.1) is 5.10 Å². The van der Waals surface area contributed by atoms with Crippen LogP contribution in [0.25, 0.3) is 0 Å².